The zero-order valence-electron chi connectivity index (χ0n) is 22.8. The smallest absolute Gasteiger partial charge is 0.279 e. The van der Waals surface area contributed by atoms with Crippen LogP contribution in [0.1, 0.15) is 15.9 Å². The third-order valence-electron chi connectivity index (χ3n) is 6.66. The number of nitrogens with one attached hydrogen (secondary N) is 4. The molecule has 1 aliphatic rings. The lowest BCUT2D eigenvalue weighted by atomic mass is 10.0. The number of hydrogen-bond donors (Lipinski definition) is 2. The van der Waals surface area contributed by atoms with Gasteiger partial charge in [0.2, 0.25) is 12.7 Å². The van der Waals surface area contributed by atoms with E-state index in [1.54, 1.807) is 0 Å². The van der Waals surface area contributed by atoms with Crippen LogP contribution in [-0.4, -0.2) is 51.5 Å². The van der Waals surface area contributed by atoms with Crippen LogP contribution in [0.4, 0.5) is 11.4 Å². The monoisotopic (exact) mass is 666 g/mol. The zero-order chi connectivity index (χ0) is 33.4. The standard InChI is InChI=1S/C13H6N2O11S2.2C7H6N2/c16-13-7-1-5(27(21,22)23)3-9(14(17)18)11(7)12-8(13)2-6(28(24,25)26)4-10(12)15(19)20;2*1-2-4-7-6(3-1)8-5-9-7/h1-4H,(H,21,22,23)(H,24,25,26);2*1-5H,(H,8,9). The first-order valence-corrected chi connectivity index (χ1v) is 15.5. The van der Waals surface area contributed by atoms with Gasteiger partial charge >= 0.3 is 0 Å². The molecule has 0 atom stereocenters. The van der Waals surface area contributed by atoms with E-state index in [0.29, 0.717) is 24.3 Å². The first-order valence-electron chi connectivity index (χ1n) is 12.7. The number of hydrogen-bond acceptors (Lipinski definition) is 11. The molecule has 7 rings (SSSR count). The van der Waals surface area contributed by atoms with Gasteiger partial charge in [-0.05, 0) is 36.4 Å². The predicted molar refractivity (Wildman–Crippen MR) is 154 cm³/mol. The Morgan fingerprint density at radius 1 is 0.609 bits per heavy atom. The van der Waals surface area contributed by atoms with Gasteiger partial charge in [-0.2, -0.15) is 0 Å². The molecule has 46 heavy (non-hydrogen) atoms. The van der Waals surface area contributed by atoms with Crippen LogP contribution in [0.15, 0.2) is 95.2 Å². The summed E-state index contributed by atoms with van der Waals surface area (Å²) in [6, 6.07) is 17.8. The molecule has 17 nitrogen and oxygen atoms in total. The minimum absolute atomic E-state index is 0.339. The zero-order valence-corrected chi connectivity index (χ0v) is 24.4. The number of nitrogens with zero attached hydrogens (tertiary/aromatic N) is 2. The highest BCUT2D eigenvalue weighted by Gasteiger charge is 2.40. The van der Waals surface area contributed by atoms with Crippen molar-refractivity contribution in [2.75, 3.05) is 0 Å². The number of para-hydroxylation sites is 4. The van der Waals surface area contributed by atoms with Crippen molar-refractivity contribution in [1.29, 1.82) is 0 Å². The first kappa shape index (κ1) is 31.5. The molecule has 2 heterocycles. The Morgan fingerprint density at radius 3 is 1.30 bits per heavy atom. The third kappa shape index (κ3) is 6.19. The van der Waals surface area contributed by atoms with Gasteiger partial charge in [0.1, 0.15) is 20.2 Å². The Balaban J connectivity index is 0.000000184. The quantitative estimate of drug-likeness (QED) is 0.156. The molecule has 4 N–H and O–H groups in total. The van der Waals surface area contributed by atoms with Gasteiger partial charge in [-0.3, -0.25) is 25.0 Å². The molecule has 0 aliphatic heterocycles. The van der Waals surface area contributed by atoms with Crippen LogP contribution in [0.2, 0.25) is 0 Å². The number of aromatic nitrogens is 4. The van der Waals surface area contributed by atoms with Crippen LogP contribution in [0, 0.1) is 20.2 Å². The van der Waals surface area contributed by atoms with Crippen LogP contribution >= 0.6 is 0 Å². The Morgan fingerprint density at radius 2 is 0.978 bits per heavy atom. The van der Waals surface area contributed by atoms with E-state index in [2.05, 4.69) is 19.9 Å². The lowest BCUT2D eigenvalue weighted by Crippen LogP contribution is -2.04. The van der Waals surface area contributed by atoms with Gasteiger partial charge in [-0.15, -0.1) is 0 Å². The number of carbonyl (C=O) groups excluding carboxylic acids is 1. The molecule has 4 aromatic carbocycles. The third-order valence-corrected chi connectivity index (χ3v) is 8.28. The van der Waals surface area contributed by atoms with Gasteiger partial charge in [0, 0.05) is 23.3 Å². The SMILES string of the molecule is O=C1c2cc(S(=O)(=O)[O-])cc([N+](=O)[O-])c2-c2c1cc(S(=O)(=O)[O-])cc2[N+](=O)[O-].c1ccc2[nH+]c[nH]c2c1.c1ccc2[nH+]c[nH]c2c1. The van der Waals surface area contributed by atoms with Gasteiger partial charge in [-0.1, -0.05) is 24.3 Å². The maximum Gasteiger partial charge on any atom is 0.279 e. The molecular formula is C27H18N6O11S2. The molecule has 0 spiro atoms. The summed E-state index contributed by atoms with van der Waals surface area (Å²) in [5, 5.41) is 22.7. The maximum atomic E-state index is 12.6. The Bertz CT molecular complexity index is 2190. The summed E-state index contributed by atoms with van der Waals surface area (Å²) in [7, 11) is -10.5. The molecule has 6 aromatic rings. The van der Waals surface area contributed by atoms with Gasteiger partial charge in [0.25, 0.3) is 11.4 Å². The van der Waals surface area contributed by atoms with E-state index in [-0.39, 0.29) is 0 Å². The van der Waals surface area contributed by atoms with Crippen LogP contribution in [0.25, 0.3) is 33.2 Å². The minimum Gasteiger partial charge on any atom is -0.744 e. The van der Waals surface area contributed by atoms with E-state index < -0.39 is 79.3 Å². The largest absolute Gasteiger partial charge is 0.744 e. The topological polar surface area (TPSA) is 278 Å². The number of ketones is 1. The van der Waals surface area contributed by atoms with E-state index in [0.717, 1.165) is 22.1 Å². The lowest BCUT2D eigenvalue weighted by molar-refractivity contribution is -0.386. The number of benzene rings is 4. The molecule has 0 unspecified atom stereocenters. The predicted octanol–water partition coefficient (Wildman–Crippen LogP) is 2.49. The van der Waals surface area contributed by atoms with Crippen molar-refractivity contribution in [1.82, 2.24) is 9.97 Å². The van der Waals surface area contributed by atoms with Gasteiger partial charge in [0.15, 0.2) is 27.9 Å². The van der Waals surface area contributed by atoms with Crippen LogP contribution in [0.3, 0.4) is 0 Å². The number of carbonyl (C=O) groups is 1. The highest BCUT2D eigenvalue weighted by molar-refractivity contribution is 7.86. The molecule has 0 amide bonds. The number of rotatable bonds is 4. The summed E-state index contributed by atoms with van der Waals surface area (Å²) >= 11 is 0. The van der Waals surface area contributed by atoms with Crippen molar-refractivity contribution in [3.8, 4) is 11.1 Å². The van der Waals surface area contributed by atoms with Crippen molar-refractivity contribution < 1.29 is 50.6 Å². The van der Waals surface area contributed by atoms with Gasteiger partial charge in [0.05, 0.1) is 30.8 Å². The summed E-state index contributed by atoms with van der Waals surface area (Å²) < 4.78 is 67.4. The fourth-order valence-corrected chi connectivity index (χ4v) is 5.70. The molecule has 0 fully saturated rings. The molecule has 0 bridgehead atoms. The van der Waals surface area contributed by atoms with Crippen molar-refractivity contribution >= 4 is 59.5 Å². The van der Waals surface area contributed by atoms with Crippen LogP contribution < -0.4 is 9.97 Å². The summed E-state index contributed by atoms with van der Waals surface area (Å²) in [5.41, 5.74) is -0.313. The van der Waals surface area contributed by atoms with Crippen molar-refractivity contribution in [3.05, 3.63) is 117 Å². The average Bonchev–Trinajstić information content (AvgIpc) is 3.74. The van der Waals surface area contributed by atoms with E-state index in [9.17, 15) is 51.0 Å². The summed E-state index contributed by atoms with van der Waals surface area (Å²) in [6.45, 7) is 0. The van der Waals surface area contributed by atoms with Crippen LogP contribution in [0.5, 0.6) is 0 Å². The highest BCUT2D eigenvalue weighted by Crippen LogP contribution is 2.48. The second-order valence-corrected chi connectivity index (χ2v) is 12.2. The summed E-state index contributed by atoms with van der Waals surface area (Å²) in [4.78, 5) is 42.9. The molecule has 19 heteroatoms. The van der Waals surface area contributed by atoms with E-state index in [4.69, 9.17) is 0 Å². The summed E-state index contributed by atoms with van der Waals surface area (Å²) in [6.07, 6.45) is 3.65. The van der Waals surface area contributed by atoms with E-state index in [1.165, 1.54) is 0 Å². The molecule has 0 radical (unpaired) electrons. The first-order chi connectivity index (χ1) is 21.7. The van der Waals surface area contributed by atoms with Crippen LogP contribution in [-0.2, 0) is 20.2 Å². The average molecular weight is 667 g/mol. The molecule has 0 saturated heterocycles. The number of nitro groups is 2. The second kappa shape index (κ2) is 11.9. The van der Waals surface area contributed by atoms with Crippen molar-refractivity contribution in [2.24, 2.45) is 0 Å². The Kier molecular flexibility index (Phi) is 8.15. The lowest BCUT2D eigenvalue weighted by Gasteiger charge is -2.10. The number of nitro benzene ring substituents is 2. The number of aromatic amines is 4. The Hall–Kier alpha value is -5.89. The minimum atomic E-state index is -5.24. The highest BCUT2D eigenvalue weighted by atomic mass is 32.2. The van der Waals surface area contributed by atoms with Crippen molar-refractivity contribution in [2.45, 2.75) is 9.79 Å². The summed E-state index contributed by atoms with van der Waals surface area (Å²) in [5.74, 6) is -1.22. The molecular weight excluding hydrogens is 648 g/mol. The molecule has 234 valence electrons. The normalized spacial score (nSPS) is 12.0. The Labute approximate surface area is 257 Å². The fraction of sp³-hybridized carbons (Fsp3) is 0. The molecule has 0 saturated carbocycles. The number of fused-ring (bicyclic) bond motifs is 5. The van der Waals surface area contributed by atoms with E-state index in [1.807, 2.05) is 61.2 Å². The molecule has 1 aliphatic carbocycles. The number of imidazole rings is 2. The maximum absolute atomic E-state index is 12.6. The fourth-order valence-electron chi connectivity index (χ4n) is 4.66. The van der Waals surface area contributed by atoms with Crippen molar-refractivity contribution in [3.63, 3.8) is 0 Å². The van der Waals surface area contributed by atoms with Gasteiger partial charge < -0.3 is 9.11 Å². The second-order valence-electron chi connectivity index (χ2n) is 9.44. The van der Waals surface area contributed by atoms with Gasteiger partial charge in [-0.25, -0.2) is 36.8 Å². The number of H-pyrrole nitrogens is 4. The van der Waals surface area contributed by atoms with E-state index >= 15 is 0 Å². The molecule has 2 aromatic heterocycles.